The highest BCUT2D eigenvalue weighted by molar-refractivity contribution is 5.12. The molecule has 3 heteroatoms. The third-order valence-corrected chi connectivity index (χ3v) is 1.77. The van der Waals surface area contributed by atoms with E-state index in [2.05, 4.69) is 11.2 Å². The van der Waals surface area contributed by atoms with E-state index in [4.69, 9.17) is 5.73 Å². The zero-order chi connectivity index (χ0) is 8.97. The lowest BCUT2D eigenvalue weighted by atomic mass is 10.2. The third kappa shape index (κ3) is 2.51. The lowest BCUT2D eigenvalue weighted by Gasteiger charge is -1.93. The first-order valence-electron chi connectivity index (χ1n) is 4.05. The molecule has 1 heterocycles. The van der Waals surface area contributed by atoms with Gasteiger partial charge in [-0.25, -0.2) is 0 Å². The summed E-state index contributed by atoms with van der Waals surface area (Å²) in [4.78, 5) is 0. The first-order chi connectivity index (χ1) is 5.72. The maximum absolute atomic E-state index is 5.45. The average molecular weight is 165 g/mol. The van der Waals surface area contributed by atoms with Gasteiger partial charge in [-0.1, -0.05) is 11.6 Å². The summed E-state index contributed by atoms with van der Waals surface area (Å²) in [6, 6.07) is 0. The van der Waals surface area contributed by atoms with Crippen molar-refractivity contribution in [2.45, 2.75) is 13.3 Å². The minimum Gasteiger partial charge on any atom is -0.327 e. The first-order valence-corrected chi connectivity index (χ1v) is 4.05. The first kappa shape index (κ1) is 9.00. The van der Waals surface area contributed by atoms with Crippen molar-refractivity contribution in [3.05, 3.63) is 29.6 Å². The van der Waals surface area contributed by atoms with Crippen molar-refractivity contribution in [2.75, 3.05) is 6.54 Å². The van der Waals surface area contributed by atoms with E-state index < -0.39 is 0 Å². The molecule has 0 aromatic carbocycles. The van der Waals surface area contributed by atoms with Gasteiger partial charge in [-0.3, -0.25) is 4.68 Å². The van der Waals surface area contributed by atoms with Crippen molar-refractivity contribution in [1.29, 1.82) is 0 Å². The molecule has 1 aromatic rings. The molecule has 3 nitrogen and oxygen atoms in total. The predicted octanol–water partition coefficient (Wildman–Crippen LogP) is 0.868. The molecular formula is C9H15N3. The van der Waals surface area contributed by atoms with Gasteiger partial charge in [0.05, 0.1) is 6.20 Å². The Balaban J connectivity index is 2.53. The van der Waals surface area contributed by atoms with E-state index in [1.165, 1.54) is 11.1 Å². The Hall–Kier alpha value is -1.09. The van der Waals surface area contributed by atoms with Crippen LogP contribution in [0.5, 0.6) is 0 Å². The lowest BCUT2D eigenvalue weighted by molar-refractivity contribution is 0.767. The second-order valence-corrected chi connectivity index (χ2v) is 2.98. The Kier molecular flexibility index (Phi) is 3.05. The fourth-order valence-electron chi connectivity index (χ4n) is 0.953. The molecule has 0 radical (unpaired) electrons. The van der Waals surface area contributed by atoms with Gasteiger partial charge < -0.3 is 5.73 Å². The van der Waals surface area contributed by atoms with E-state index in [-0.39, 0.29) is 0 Å². The number of hydrogen-bond acceptors (Lipinski definition) is 2. The maximum atomic E-state index is 5.45. The molecule has 0 saturated carbocycles. The van der Waals surface area contributed by atoms with Crippen LogP contribution in [-0.4, -0.2) is 16.3 Å². The molecule has 0 spiro atoms. The normalized spacial score (nSPS) is 12.1. The molecular weight excluding hydrogens is 150 g/mol. The van der Waals surface area contributed by atoms with Gasteiger partial charge in [0.2, 0.25) is 0 Å². The highest BCUT2D eigenvalue weighted by atomic mass is 15.2. The summed E-state index contributed by atoms with van der Waals surface area (Å²) >= 11 is 0. The van der Waals surface area contributed by atoms with Crippen molar-refractivity contribution in [2.24, 2.45) is 12.8 Å². The number of nitrogens with two attached hydrogens (primary N) is 1. The van der Waals surface area contributed by atoms with Crippen LogP contribution in [0.1, 0.15) is 12.5 Å². The van der Waals surface area contributed by atoms with Crippen LogP contribution in [0.2, 0.25) is 0 Å². The lowest BCUT2D eigenvalue weighted by Crippen LogP contribution is -1.99. The molecule has 12 heavy (non-hydrogen) atoms. The SMILES string of the molecule is CC(=CCc1cnn(C)c1)CN. The van der Waals surface area contributed by atoms with Crippen molar-refractivity contribution < 1.29 is 0 Å². The van der Waals surface area contributed by atoms with Gasteiger partial charge in [0.25, 0.3) is 0 Å². The molecule has 0 aliphatic carbocycles. The minimum atomic E-state index is 0.639. The third-order valence-electron chi connectivity index (χ3n) is 1.77. The van der Waals surface area contributed by atoms with Crippen molar-refractivity contribution in [3.63, 3.8) is 0 Å². The Morgan fingerprint density at radius 1 is 1.75 bits per heavy atom. The summed E-state index contributed by atoms with van der Waals surface area (Å²) in [7, 11) is 1.92. The summed E-state index contributed by atoms with van der Waals surface area (Å²) in [6.45, 7) is 2.68. The van der Waals surface area contributed by atoms with Gasteiger partial charge >= 0.3 is 0 Å². The summed E-state index contributed by atoms with van der Waals surface area (Å²) in [6.07, 6.45) is 6.95. The second kappa shape index (κ2) is 4.07. The van der Waals surface area contributed by atoms with Crippen LogP contribution in [0.4, 0.5) is 0 Å². The van der Waals surface area contributed by atoms with Crippen LogP contribution in [0.3, 0.4) is 0 Å². The van der Waals surface area contributed by atoms with Gasteiger partial charge in [-0.2, -0.15) is 5.10 Å². The maximum Gasteiger partial charge on any atom is 0.0524 e. The predicted molar refractivity (Wildman–Crippen MR) is 49.7 cm³/mol. The Morgan fingerprint density at radius 2 is 2.50 bits per heavy atom. The molecule has 0 aliphatic heterocycles. The highest BCUT2D eigenvalue weighted by Gasteiger charge is 1.92. The van der Waals surface area contributed by atoms with Gasteiger partial charge in [0, 0.05) is 19.8 Å². The van der Waals surface area contributed by atoms with E-state index in [1.807, 2.05) is 26.4 Å². The molecule has 0 bridgehead atoms. The minimum absolute atomic E-state index is 0.639. The van der Waals surface area contributed by atoms with Gasteiger partial charge in [0.1, 0.15) is 0 Å². The molecule has 0 amide bonds. The van der Waals surface area contributed by atoms with Crippen LogP contribution < -0.4 is 5.73 Å². The van der Waals surface area contributed by atoms with Crippen LogP contribution in [0.25, 0.3) is 0 Å². The summed E-state index contributed by atoms with van der Waals surface area (Å²) < 4.78 is 1.81. The zero-order valence-electron chi connectivity index (χ0n) is 7.62. The molecule has 1 aromatic heterocycles. The van der Waals surface area contributed by atoms with E-state index >= 15 is 0 Å². The number of allylic oxidation sites excluding steroid dienone is 1. The second-order valence-electron chi connectivity index (χ2n) is 2.98. The van der Waals surface area contributed by atoms with Crippen molar-refractivity contribution >= 4 is 0 Å². The number of hydrogen-bond donors (Lipinski definition) is 1. The molecule has 2 N–H and O–H groups in total. The summed E-state index contributed by atoms with van der Waals surface area (Å²) in [5.74, 6) is 0. The number of aryl methyl sites for hydroxylation is 1. The van der Waals surface area contributed by atoms with Crippen LogP contribution in [0, 0.1) is 0 Å². The Bertz CT molecular complexity index is 273. The molecule has 0 fully saturated rings. The zero-order valence-corrected chi connectivity index (χ0v) is 7.62. The fourth-order valence-corrected chi connectivity index (χ4v) is 0.953. The van der Waals surface area contributed by atoms with Crippen LogP contribution >= 0.6 is 0 Å². The highest BCUT2D eigenvalue weighted by Crippen LogP contribution is 2.00. The van der Waals surface area contributed by atoms with Crippen LogP contribution in [-0.2, 0) is 13.5 Å². The standard InChI is InChI=1S/C9H15N3/c1-8(5-10)3-4-9-6-11-12(2)7-9/h3,6-7H,4-5,10H2,1-2H3. The quantitative estimate of drug-likeness (QED) is 0.675. The van der Waals surface area contributed by atoms with Gasteiger partial charge in [0.15, 0.2) is 0 Å². The molecule has 0 atom stereocenters. The van der Waals surface area contributed by atoms with E-state index in [9.17, 15) is 0 Å². The van der Waals surface area contributed by atoms with Gasteiger partial charge in [-0.15, -0.1) is 0 Å². The molecule has 66 valence electrons. The van der Waals surface area contributed by atoms with Gasteiger partial charge in [-0.05, 0) is 18.9 Å². The Labute approximate surface area is 72.9 Å². The molecule has 0 saturated heterocycles. The monoisotopic (exact) mass is 165 g/mol. The Morgan fingerprint density at radius 3 is 3.00 bits per heavy atom. The largest absolute Gasteiger partial charge is 0.327 e. The molecule has 0 aliphatic rings. The van der Waals surface area contributed by atoms with E-state index in [0.717, 1.165) is 6.42 Å². The van der Waals surface area contributed by atoms with E-state index in [0.29, 0.717) is 6.54 Å². The number of rotatable bonds is 3. The van der Waals surface area contributed by atoms with Crippen molar-refractivity contribution in [3.8, 4) is 0 Å². The topological polar surface area (TPSA) is 43.8 Å². The summed E-state index contributed by atoms with van der Waals surface area (Å²) in [5, 5.41) is 4.08. The van der Waals surface area contributed by atoms with E-state index in [1.54, 1.807) is 4.68 Å². The van der Waals surface area contributed by atoms with Crippen LogP contribution in [0.15, 0.2) is 24.0 Å². The fraction of sp³-hybridized carbons (Fsp3) is 0.444. The average Bonchev–Trinajstić information content (AvgIpc) is 2.47. The van der Waals surface area contributed by atoms with Crippen molar-refractivity contribution in [1.82, 2.24) is 9.78 Å². The smallest absolute Gasteiger partial charge is 0.0524 e. The molecule has 0 unspecified atom stereocenters. The number of nitrogens with zero attached hydrogens (tertiary/aromatic N) is 2. The molecule has 1 rings (SSSR count). The summed E-state index contributed by atoms with van der Waals surface area (Å²) in [5.41, 5.74) is 7.90. The number of aromatic nitrogens is 2.